The van der Waals surface area contributed by atoms with Gasteiger partial charge in [-0.15, -0.1) is 0 Å². The Morgan fingerprint density at radius 3 is 2.43 bits per heavy atom. The molecule has 0 atom stereocenters. The van der Waals surface area contributed by atoms with Crippen LogP contribution in [0.1, 0.15) is 39.9 Å². The van der Waals surface area contributed by atoms with Crippen molar-refractivity contribution >= 4 is 40.3 Å². The summed E-state index contributed by atoms with van der Waals surface area (Å²) in [7, 11) is 1.25. The van der Waals surface area contributed by atoms with Gasteiger partial charge in [0, 0.05) is 28.9 Å². The Morgan fingerprint density at radius 1 is 0.971 bits per heavy atom. The van der Waals surface area contributed by atoms with Crippen LogP contribution in [0.4, 0.5) is 8.78 Å². The fraction of sp³-hybridized carbons (Fsp3) is 0.192. The number of hydrogen-bond donors (Lipinski definition) is 1. The highest BCUT2D eigenvalue weighted by Gasteiger charge is 2.20. The molecule has 0 unspecified atom stereocenters. The van der Waals surface area contributed by atoms with E-state index in [0.29, 0.717) is 9.13 Å². The summed E-state index contributed by atoms with van der Waals surface area (Å²) in [5, 5.41) is 0. The van der Waals surface area contributed by atoms with E-state index in [1.165, 1.54) is 13.2 Å². The van der Waals surface area contributed by atoms with Crippen LogP contribution in [0.15, 0.2) is 54.6 Å². The summed E-state index contributed by atoms with van der Waals surface area (Å²) in [4.78, 5) is 35.7. The molecule has 0 aliphatic carbocycles. The van der Waals surface area contributed by atoms with Gasteiger partial charge in [-0.1, -0.05) is 18.2 Å². The number of rotatable bonds is 10. The van der Waals surface area contributed by atoms with Crippen LogP contribution < -0.4 is 10.5 Å². The molecule has 0 saturated heterocycles. The van der Waals surface area contributed by atoms with Crippen molar-refractivity contribution in [1.82, 2.24) is 0 Å². The number of methoxy groups -OCH3 is 1. The van der Waals surface area contributed by atoms with E-state index < -0.39 is 23.5 Å². The number of carbonyl (C=O) groups excluding carboxylic acids is 3. The van der Waals surface area contributed by atoms with Crippen molar-refractivity contribution in [2.45, 2.75) is 25.7 Å². The number of hydrogen-bond acceptors (Lipinski definition) is 5. The van der Waals surface area contributed by atoms with Crippen molar-refractivity contribution < 1.29 is 32.6 Å². The smallest absolute Gasteiger partial charge is 0.305 e. The Bertz CT molecular complexity index is 1280. The van der Waals surface area contributed by atoms with Gasteiger partial charge in [-0.3, -0.25) is 14.4 Å². The molecule has 9 heteroatoms. The van der Waals surface area contributed by atoms with Gasteiger partial charge in [0.1, 0.15) is 28.9 Å². The summed E-state index contributed by atoms with van der Waals surface area (Å²) in [6.07, 6.45) is 0.00783. The first-order chi connectivity index (χ1) is 16.7. The van der Waals surface area contributed by atoms with Gasteiger partial charge in [0.25, 0.3) is 5.91 Å². The summed E-state index contributed by atoms with van der Waals surface area (Å²) < 4.78 is 39.9. The van der Waals surface area contributed by atoms with Gasteiger partial charge in [-0.25, -0.2) is 8.78 Å². The van der Waals surface area contributed by atoms with Crippen molar-refractivity contribution in [3.05, 3.63) is 92.1 Å². The monoisotopic (exact) mass is 593 g/mol. The van der Waals surface area contributed by atoms with Crippen molar-refractivity contribution in [2.24, 2.45) is 5.73 Å². The van der Waals surface area contributed by atoms with E-state index in [0.717, 1.165) is 12.1 Å². The Morgan fingerprint density at radius 2 is 1.74 bits per heavy atom. The van der Waals surface area contributed by atoms with E-state index in [4.69, 9.17) is 10.5 Å². The molecule has 3 rings (SSSR count). The summed E-state index contributed by atoms with van der Waals surface area (Å²) in [5.74, 6) is -2.52. The van der Waals surface area contributed by atoms with E-state index in [9.17, 15) is 23.2 Å². The normalized spacial score (nSPS) is 10.6. The summed E-state index contributed by atoms with van der Waals surface area (Å²) in [6.45, 7) is 0. The molecule has 0 aliphatic heterocycles. The van der Waals surface area contributed by atoms with Crippen molar-refractivity contribution in [1.29, 1.82) is 0 Å². The lowest BCUT2D eigenvalue weighted by molar-refractivity contribution is -0.141. The number of benzene rings is 3. The quantitative estimate of drug-likeness (QED) is 0.260. The third-order valence-corrected chi connectivity index (χ3v) is 5.83. The lowest BCUT2D eigenvalue weighted by atomic mass is 9.98. The molecule has 0 heterocycles. The molecule has 6 nitrogen and oxygen atoms in total. The number of amides is 1. The highest BCUT2D eigenvalue weighted by molar-refractivity contribution is 14.1. The number of esters is 1. The first-order valence-corrected chi connectivity index (χ1v) is 11.7. The van der Waals surface area contributed by atoms with E-state index >= 15 is 0 Å². The van der Waals surface area contributed by atoms with Gasteiger partial charge in [0.15, 0.2) is 0 Å². The average Bonchev–Trinajstić information content (AvgIpc) is 2.79. The van der Waals surface area contributed by atoms with Crippen LogP contribution in [0.3, 0.4) is 0 Å². The minimum atomic E-state index is -0.852. The Hall–Kier alpha value is -3.34. The van der Waals surface area contributed by atoms with E-state index in [-0.39, 0.29) is 59.7 Å². The zero-order valence-corrected chi connectivity index (χ0v) is 20.9. The van der Waals surface area contributed by atoms with E-state index in [1.807, 2.05) is 22.6 Å². The molecule has 0 aromatic heterocycles. The number of halogens is 3. The Labute approximate surface area is 214 Å². The van der Waals surface area contributed by atoms with Crippen LogP contribution in [0.25, 0.3) is 0 Å². The molecule has 1 amide bonds. The predicted octanol–water partition coefficient (Wildman–Crippen LogP) is 5.12. The number of Topliss-reactive ketones (excluding diaryl/α,β-unsaturated/α-hetero) is 1. The lowest BCUT2D eigenvalue weighted by Crippen LogP contribution is -2.16. The van der Waals surface area contributed by atoms with Gasteiger partial charge >= 0.3 is 5.97 Å². The first kappa shape index (κ1) is 26.3. The van der Waals surface area contributed by atoms with Crippen LogP contribution >= 0.6 is 22.6 Å². The fourth-order valence-corrected chi connectivity index (χ4v) is 3.96. The number of ether oxygens (including phenoxy) is 2. The molecule has 0 spiro atoms. The lowest BCUT2D eigenvalue weighted by Gasteiger charge is -2.15. The Kier molecular flexibility index (Phi) is 8.91. The molecule has 0 bridgehead atoms. The number of ketones is 1. The van der Waals surface area contributed by atoms with E-state index in [2.05, 4.69) is 4.74 Å². The molecule has 0 aliphatic rings. The third kappa shape index (κ3) is 7.32. The number of nitrogens with two attached hydrogens (primary N) is 1. The van der Waals surface area contributed by atoms with Gasteiger partial charge in [-0.2, -0.15) is 0 Å². The standard InChI is InChI=1S/C26H22F2INO5/c1-34-24(32)8-7-20(31)9-15-3-2-4-21(10-15)35-23-13-18(27)12-17(25(23)26(30)33)11-16-5-6-19(29)14-22(16)28/h2-6,10,12-14H,7-9,11H2,1H3,(H2,30,33). The molecule has 3 aromatic carbocycles. The van der Waals surface area contributed by atoms with Crippen molar-refractivity contribution in [2.75, 3.05) is 7.11 Å². The minimum absolute atomic E-state index is 0.0132. The van der Waals surface area contributed by atoms with Crippen LogP contribution in [-0.4, -0.2) is 24.8 Å². The number of carbonyl (C=O) groups is 3. The van der Waals surface area contributed by atoms with Crippen molar-refractivity contribution in [3.8, 4) is 11.5 Å². The molecular formula is C26H22F2INO5. The molecule has 0 saturated carbocycles. The molecule has 0 fully saturated rings. The zero-order chi connectivity index (χ0) is 25.5. The summed E-state index contributed by atoms with van der Waals surface area (Å²) in [6, 6.07) is 13.3. The highest BCUT2D eigenvalue weighted by Crippen LogP contribution is 2.31. The largest absolute Gasteiger partial charge is 0.469 e. The average molecular weight is 593 g/mol. The summed E-state index contributed by atoms with van der Waals surface area (Å²) >= 11 is 1.98. The molecule has 182 valence electrons. The van der Waals surface area contributed by atoms with Crippen LogP contribution in [0, 0.1) is 15.2 Å². The molecule has 0 radical (unpaired) electrons. The first-order valence-electron chi connectivity index (χ1n) is 10.6. The van der Waals surface area contributed by atoms with Gasteiger partial charge in [0.05, 0.1) is 19.1 Å². The number of primary amides is 1. The second-order valence-corrected chi connectivity index (χ2v) is 9.00. The van der Waals surface area contributed by atoms with Gasteiger partial charge < -0.3 is 15.2 Å². The molecule has 2 N–H and O–H groups in total. The van der Waals surface area contributed by atoms with Gasteiger partial charge in [0.2, 0.25) is 0 Å². The Balaban J connectivity index is 1.86. The summed E-state index contributed by atoms with van der Waals surface area (Å²) in [5.41, 5.74) is 6.58. The van der Waals surface area contributed by atoms with Crippen LogP contribution in [0.2, 0.25) is 0 Å². The SMILES string of the molecule is COC(=O)CCC(=O)Cc1cccc(Oc2cc(F)cc(Cc3ccc(I)cc3F)c2C(N)=O)c1. The maximum absolute atomic E-state index is 14.5. The van der Waals surface area contributed by atoms with Crippen LogP contribution in [0.5, 0.6) is 11.5 Å². The van der Waals surface area contributed by atoms with Gasteiger partial charge in [-0.05, 0) is 69.6 Å². The molecule has 3 aromatic rings. The topological polar surface area (TPSA) is 95.7 Å². The third-order valence-electron chi connectivity index (χ3n) is 5.15. The maximum atomic E-state index is 14.5. The fourth-order valence-electron chi connectivity index (χ4n) is 3.51. The molecular weight excluding hydrogens is 571 g/mol. The molecule has 35 heavy (non-hydrogen) atoms. The maximum Gasteiger partial charge on any atom is 0.305 e. The zero-order valence-electron chi connectivity index (χ0n) is 18.8. The minimum Gasteiger partial charge on any atom is -0.469 e. The van der Waals surface area contributed by atoms with E-state index in [1.54, 1.807) is 36.4 Å². The van der Waals surface area contributed by atoms with Crippen molar-refractivity contribution in [3.63, 3.8) is 0 Å². The second-order valence-electron chi connectivity index (χ2n) is 7.76. The highest BCUT2D eigenvalue weighted by atomic mass is 127. The predicted molar refractivity (Wildman–Crippen MR) is 133 cm³/mol. The second kappa shape index (κ2) is 11.9. The van der Waals surface area contributed by atoms with Crippen LogP contribution in [-0.2, 0) is 27.2 Å².